The molecule has 168 valence electrons. The molecule has 0 bridgehead atoms. The first kappa shape index (κ1) is 23.4. The Kier molecular flexibility index (Phi) is 7.62. The molecular formula is C28H51N. The van der Waals surface area contributed by atoms with E-state index < -0.39 is 0 Å². The zero-order chi connectivity index (χ0) is 21.2. The topological polar surface area (TPSA) is 26.0 Å². The molecule has 0 heterocycles. The van der Waals surface area contributed by atoms with E-state index >= 15 is 0 Å². The van der Waals surface area contributed by atoms with Crippen molar-refractivity contribution in [2.24, 2.45) is 46.2 Å². The van der Waals surface area contributed by atoms with Crippen LogP contribution in [0.25, 0.3) is 0 Å². The second-order valence-corrected chi connectivity index (χ2v) is 11.8. The molecule has 0 saturated heterocycles. The Hall–Kier alpha value is -0.300. The van der Waals surface area contributed by atoms with Gasteiger partial charge in [-0.2, -0.15) is 0 Å². The molecule has 3 saturated carbocycles. The van der Waals surface area contributed by atoms with Gasteiger partial charge in [-0.05, 0) is 98.2 Å². The van der Waals surface area contributed by atoms with Crippen LogP contribution in [0.4, 0.5) is 0 Å². The van der Waals surface area contributed by atoms with Crippen LogP contribution in [0.2, 0.25) is 0 Å². The molecule has 3 fully saturated rings. The molecule has 0 aliphatic heterocycles. The number of hydrogen-bond donors (Lipinski definition) is 1. The van der Waals surface area contributed by atoms with Crippen molar-refractivity contribution >= 4 is 0 Å². The van der Waals surface area contributed by atoms with Gasteiger partial charge in [0.05, 0.1) is 0 Å². The third-order valence-corrected chi connectivity index (χ3v) is 9.92. The predicted octanol–water partition coefficient (Wildman–Crippen LogP) is 8.14. The summed E-state index contributed by atoms with van der Waals surface area (Å²) in [6, 6.07) is 0.427. The molecule has 0 aromatic heterocycles. The minimum Gasteiger partial charge on any atom is -0.327 e. The number of allylic oxidation sites excluding steroid dienone is 1. The molecule has 2 N–H and O–H groups in total. The highest BCUT2D eigenvalue weighted by Crippen LogP contribution is 2.66. The minimum atomic E-state index is 0.427. The normalized spacial score (nSPS) is 43.6. The highest BCUT2D eigenvalue weighted by Gasteiger charge is 2.58. The molecule has 0 aromatic rings. The van der Waals surface area contributed by atoms with Crippen molar-refractivity contribution in [1.29, 1.82) is 0 Å². The number of fused-ring (bicyclic) bond motifs is 5. The Morgan fingerprint density at radius 3 is 2.48 bits per heavy atom. The summed E-state index contributed by atoms with van der Waals surface area (Å²) in [5.41, 5.74) is 9.20. The van der Waals surface area contributed by atoms with Crippen molar-refractivity contribution in [3.63, 3.8) is 0 Å². The molecule has 7 atom stereocenters. The summed E-state index contributed by atoms with van der Waals surface area (Å²) in [6.45, 7) is 14.1. The van der Waals surface area contributed by atoms with Crippen molar-refractivity contribution in [3.8, 4) is 0 Å². The van der Waals surface area contributed by atoms with Gasteiger partial charge in [0.15, 0.2) is 0 Å². The smallest absolute Gasteiger partial charge is 0.00766 e. The Balaban J connectivity index is 0.00000117. The van der Waals surface area contributed by atoms with Gasteiger partial charge in [0, 0.05) is 6.04 Å². The first-order valence-corrected chi connectivity index (χ1v) is 13.3. The SMILES string of the molecule is CC.CC(C)CCCCC1CCC2C3CC=C4CC(N)CCC4(C)C3CCC12C. The predicted molar refractivity (Wildman–Crippen MR) is 128 cm³/mol. The summed E-state index contributed by atoms with van der Waals surface area (Å²) >= 11 is 0. The molecule has 0 aromatic carbocycles. The van der Waals surface area contributed by atoms with E-state index in [0.717, 1.165) is 29.6 Å². The van der Waals surface area contributed by atoms with Crippen molar-refractivity contribution < 1.29 is 0 Å². The van der Waals surface area contributed by atoms with E-state index in [9.17, 15) is 0 Å². The standard InChI is InChI=1S/C26H45N.C2H6/c1-18(2)7-5-6-8-19-10-12-23-22-11-9-20-17-21(27)13-15-26(20,4)24(22)14-16-25(19,23)3;1-2/h9,18-19,21-24H,5-8,10-17,27H2,1-4H3;1-2H3. The molecule has 4 aliphatic rings. The fraction of sp³-hybridized carbons (Fsp3) is 0.929. The zero-order valence-electron chi connectivity index (χ0n) is 20.6. The fourth-order valence-corrected chi connectivity index (χ4v) is 8.22. The van der Waals surface area contributed by atoms with Gasteiger partial charge < -0.3 is 5.73 Å². The maximum Gasteiger partial charge on any atom is 0.00766 e. The molecule has 7 unspecified atom stereocenters. The van der Waals surface area contributed by atoms with Crippen LogP contribution < -0.4 is 5.73 Å². The number of nitrogens with two attached hydrogens (primary N) is 1. The lowest BCUT2D eigenvalue weighted by molar-refractivity contribution is -0.0434. The second-order valence-electron chi connectivity index (χ2n) is 11.8. The Morgan fingerprint density at radius 1 is 1.00 bits per heavy atom. The van der Waals surface area contributed by atoms with Crippen molar-refractivity contribution in [2.75, 3.05) is 0 Å². The van der Waals surface area contributed by atoms with Gasteiger partial charge in [0.25, 0.3) is 0 Å². The van der Waals surface area contributed by atoms with Gasteiger partial charge in [0.2, 0.25) is 0 Å². The summed E-state index contributed by atoms with van der Waals surface area (Å²) in [4.78, 5) is 0. The lowest BCUT2D eigenvalue weighted by atomic mass is 9.47. The van der Waals surface area contributed by atoms with Crippen LogP contribution in [0.1, 0.15) is 119 Å². The summed E-state index contributed by atoms with van der Waals surface area (Å²) in [7, 11) is 0. The minimum absolute atomic E-state index is 0.427. The third-order valence-electron chi connectivity index (χ3n) is 9.92. The maximum absolute atomic E-state index is 6.33. The Morgan fingerprint density at radius 2 is 1.76 bits per heavy atom. The monoisotopic (exact) mass is 401 g/mol. The van der Waals surface area contributed by atoms with Crippen LogP contribution in [-0.2, 0) is 0 Å². The van der Waals surface area contributed by atoms with Gasteiger partial charge in [-0.1, -0.05) is 72.5 Å². The van der Waals surface area contributed by atoms with Gasteiger partial charge in [0.1, 0.15) is 0 Å². The van der Waals surface area contributed by atoms with Gasteiger partial charge in [-0.3, -0.25) is 0 Å². The maximum atomic E-state index is 6.33. The van der Waals surface area contributed by atoms with Crippen LogP contribution in [0, 0.1) is 40.4 Å². The van der Waals surface area contributed by atoms with E-state index in [1.807, 2.05) is 13.8 Å². The molecule has 29 heavy (non-hydrogen) atoms. The van der Waals surface area contributed by atoms with E-state index in [1.54, 1.807) is 5.57 Å². The van der Waals surface area contributed by atoms with Crippen LogP contribution in [-0.4, -0.2) is 6.04 Å². The van der Waals surface area contributed by atoms with E-state index in [-0.39, 0.29) is 0 Å². The highest BCUT2D eigenvalue weighted by atomic mass is 14.7. The molecule has 1 nitrogen and oxygen atoms in total. The number of unbranched alkanes of at least 4 members (excludes halogenated alkanes) is 1. The summed E-state index contributed by atoms with van der Waals surface area (Å²) in [6.07, 6.45) is 19.7. The molecule has 0 spiro atoms. The van der Waals surface area contributed by atoms with Gasteiger partial charge in [-0.15, -0.1) is 0 Å². The van der Waals surface area contributed by atoms with Gasteiger partial charge >= 0.3 is 0 Å². The first-order valence-electron chi connectivity index (χ1n) is 13.3. The first-order chi connectivity index (χ1) is 13.8. The Labute approximate surface area is 182 Å². The van der Waals surface area contributed by atoms with E-state index in [0.29, 0.717) is 16.9 Å². The van der Waals surface area contributed by atoms with E-state index in [1.165, 1.54) is 77.0 Å². The van der Waals surface area contributed by atoms with E-state index in [4.69, 9.17) is 5.73 Å². The Bertz CT molecular complexity index is 563. The van der Waals surface area contributed by atoms with E-state index in [2.05, 4.69) is 33.8 Å². The third kappa shape index (κ3) is 4.37. The van der Waals surface area contributed by atoms with Crippen molar-refractivity contribution in [3.05, 3.63) is 11.6 Å². The quantitative estimate of drug-likeness (QED) is 0.365. The number of rotatable bonds is 5. The van der Waals surface area contributed by atoms with Crippen LogP contribution in [0.3, 0.4) is 0 Å². The molecule has 4 aliphatic carbocycles. The number of hydrogen-bond acceptors (Lipinski definition) is 1. The molecule has 0 radical (unpaired) electrons. The van der Waals surface area contributed by atoms with Gasteiger partial charge in [-0.25, -0.2) is 0 Å². The summed E-state index contributed by atoms with van der Waals surface area (Å²) < 4.78 is 0. The summed E-state index contributed by atoms with van der Waals surface area (Å²) in [5.74, 6) is 4.79. The van der Waals surface area contributed by atoms with Crippen molar-refractivity contribution in [1.82, 2.24) is 0 Å². The largest absolute Gasteiger partial charge is 0.327 e. The van der Waals surface area contributed by atoms with Crippen LogP contribution >= 0.6 is 0 Å². The zero-order valence-corrected chi connectivity index (χ0v) is 20.6. The summed E-state index contributed by atoms with van der Waals surface area (Å²) in [5, 5.41) is 0. The van der Waals surface area contributed by atoms with Crippen molar-refractivity contribution in [2.45, 2.75) is 125 Å². The molecule has 1 heteroatoms. The average Bonchev–Trinajstić information content (AvgIpc) is 3.03. The van der Waals surface area contributed by atoms with Crippen LogP contribution in [0.15, 0.2) is 11.6 Å². The van der Waals surface area contributed by atoms with Crippen LogP contribution in [0.5, 0.6) is 0 Å². The lowest BCUT2D eigenvalue weighted by Crippen LogP contribution is -2.51. The average molecular weight is 402 g/mol. The molecule has 0 amide bonds. The molecule has 4 rings (SSSR count). The highest BCUT2D eigenvalue weighted by molar-refractivity contribution is 5.25. The lowest BCUT2D eigenvalue weighted by Gasteiger charge is -2.58. The molecular weight excluding hydrogens is 350 g/mol. The second kappa shape index (κ2) is 9.46. The fourth-order valence-electron chi connectivity index (χ4n) is 8.22.